The first-order chi connectivity index (χ1) is 11.7. The van der Waals surface area contributed by atoms with Crippen molar-refractivity contribution in [2.24, 2.45) is 0 Å². The molecule has 2 aromatic rings. The Morgan fingerprint density at radius 1 is 1.50 bits per heavy atom. The van der Waals surface area contributed by atoms with Crippen LogP contribution in [0.15, 0.2) is 23.8 Å². The summed E-state index contributed by atoms with van der Waals surface area (Å²) >= 11 is 1.71. The first kappa shape index (κ1) is 15.8. The van der Waals surface area contributed by atoms with E-state index in [0.717, 1.165) is 44.5 Å². The monoisotopic (exact) mass is 345 g/mol. The second-order valence-electron chi connectivity index (χ2n) is 6.75. The Balaban J connectivity index is 1.42. The maximum atomic E-state index is 12.9. The fraction of sp³-hybridized carbons (Fsp3) is 0.556. The molecule has 2 aliphatic rings. The number of aromatic nitrogens is 2. The van der Waals surface area contributed by atoms with Crippen molar-refractivity contribution < 1.29 is 9.53 Å². The molecule has 24 heavy (non-hydrogen) atoms. The van der Waals surface area contributed by atoms with E-state index in [4.69, 9.17) is 4.74 Å². The molecule has 0 radical (unpaired) electrons. The summed E-state index contributed by atoms with van der Waals surface area (Å²) in [6.07, 6.45) is 7.41. The molecular formula is C18H23N3O2S. The van der Waals surface area contributed by atoms with Crippen LogP contribution in [0.4, 0.5) is 0 Å². The molecule has 2 aliphatic heterocycles. The molecular weight excluding hydrogens is 322 g/mol. The van der Waals surface area contributed by atoms with E-state index in [1.807, 2.05) is 28.9 Å². The van der Waals surface area contributed by atoms with E-state index in [-0.39, 0.29) is 18.1 Å². The highest BCUT2D eigenvalue weighted by Gasteiger charge is 2.32. The minimum absolute atomic E-state index is 0.0607. The summed E-state index contributed by atoms with van der Waals surface area (Å²) in [4.78, 5) is 16.2. The van der Waals surface area contributed by atoms with Gasteiger partial charge in [-0.1, -0.05) is 0 Å². The van der Waals surface area contributed by atoms with Crippen molar-refractivity contribution in [3.63, 3.8) is 0 Å². The fourth-order valence-corrected chi connectivity index (χ4v) is 4.79. The summed E-state index contributed by atoms with van der Waals surface area (Å²) in [5, 5.41) is 6.47. The average molecular weight is 345 g/mol. The number of likely N-dealkylation sites (tertiary alicyclic amines) is 1. The number of amides is 1. The number of carbonyl (C=O) groups is 1. The molecule has 5 nitrogen and oxygen atoms in total. The Labute approximate surface area is 146 Å². The van der Waals surface area contributed by atoms with Gasteiger partial charge >= 0.3 is 0 Å². The maximum absolute atomic E-state index is 12.9. The van der Waals surface area contributed by atoms with Crippen molar-refractivity contribution in [1.29, 1.82) is 0 Å². The Hall–Kier alpha value is -1.66. The molecule has 4 rings (SSSR count). The summed E-state index contributed by atoms with van der Waals surface area (Å²) in [6, 6.07) is 2.42. The van der Waals surface area contributed by atoms with Gasteiger partial charge in [0.1, 0.15) is 6.10 Å². The van der Waals surface area contributed by atoms with Crippen LogP contribution >= 0.6 is 11.3 Å². The van der Waals surface area contributed by atoms with Gasteiger partial charge in [0.15, 0.2) is 0 Å². The number of fused-ring (bicyclic) bond motifs is 1. The molecule has 2 aromatic heterocycles. The number of nitrogens with zero attached hydrogens (tertiary/aromatic N) is 3. The fourth-order valence-electron chi connectivity index (χ4n) is 3.79. The molecule has 1 amide bonds. The minimum Gasteiger partial charge on any atom is -0.372 e. The van der Waals surface area contributed by atoms with Crippen LogP contribution in [0.1, 0.15) is 41.4 Å². The number of thiophene rings is 1. The first-order valence-electron chi connectivity index (χ1n) is 8.67. The highest BCUT2D eigenvalue weighted by atomic mass is 32.1. The van der Waals surface area contributed by atoms with Gasteiger partial charge in [-0.2, -0.15) is 5.10 Å². The summed E-state index contributed by atoms with van der Waals surface area (Å²) in [5.41, 5.74) is 2.51. The Morgan fingerprint density at radius 3 is 3.25 bits per heavy atom. The predicted octanol–water partition coefficient (Wildman–Crippen LogP) is 2.95. The quantitative estimate of drug-likeness (QED) is 0.856. The third-order valence-electron chi connectivity index (χ3n) is 4.98. The van der Waals surface area contributed by atoms with Crippen molar-refractivity contribution in [2.75, 3.05) is 13.2 Å². The molecule has 0 spiro atoms. The molecule has 6 heteroatoms. The molecule has 128 valence electrons. The van der Waals surface area contributed by atoms with Crippen molar-refractivity contribution in [3.05, 3.63) is 39.8 Å². The van der Waals surface area contributed by atoms with Crippen LogP contribution < -0.4 is 0 Å². The SMILES string of the molecule is Cc1cnn(CC2CCCN2C(=O)CC2OCCc3ccsc32)c1. The number of aryl methyl sites for hydroxylation is 1. The predicted molar refractivity (Wildman–Crippen MR) is 93.0 cm³/mol. The van der Waals surface area contributed by atoms with Gasteiger partial charge in [0, 0.05) is 17.6 Å². The number of hydrogen-bond acceptors (Lipinski definition) is 4. The lowest BCUT2D eigenvalue weighted by molar-refractivity contribution is -0.135. The van der Waals surface area contributed by atoms with Gasteiger partial charge in [0.05, 0.1) is 31.8 Å². The normalized spacial score (nSPS) is 23.5. The van der Waals surface area contributed by atoms with E-state index < -0.39 is 0 Å². The second kappa shape index (κ2) is 6.69. The number of carbonyl (C=O) groups excluding carboxylic acids is 1. The van der Waals surface area contributed by atoms with E-state index in [9.17, 15) is 4.79 Å². The summed E-state index contributed by atoms with van der Waals surface area (Å²) in [6.45, 7) is 4.40. The van der Waals surface area contributed by atoms with Gasteiger partial charge in [0.2, 0.25) is 5.91 Å². The van der Waals surface area contributed by atoms with Gasteiger partial charge in [-0.05, 0) is 48.8 Å². The Morgan fingerprint density at radius 2 is 2.42 bits per heavy atom. The lowest BCUT2D eigenvalue weighted by atomic mass is 10.0. The van der Waals surface area contributed by atoms with Crippen molar-refractivity contribution in [3.8, 4) is 0 Å². The molecule has 4 heterocycles. The van der Waals surface area contributed by atoms with Crippen LogP contribution in [0.5, 0.6) is 0 Å². The smallest absolute Gasteiger partial charge is 0.225 e. The van der Waals surface area contributed by atoms with Crippen LogP contribution in [0, 0.1) is 6.92 Å². The highest BCUT2D eigenvalue weighted by Crippen LogP contribution is 2.35. The number of ether oxygens (including phenoxy) is 1. The zero-order valence-electron chi connectivity index (χ0n) is 14.0. The van der Waals surface area contributed by atoms with E-state index in [2.05, 4.69) is 16.5 Å². The molecule has 1 saturated heterocycles. The zero-order chi connectivity index (χ0) is 16.5. The van der Waals surface area contributed by atoms with Crippen LogP contribution in [-0.4, -0.2) is 39.8 Å². The second-order valence-corrected chi connectivity index (χ2v) is 7.69. The van der Waals surface area contributed by atoms with E-state index in [1.165, 1.54) is 10.4 Å². The largest absolute Gasteiger partial charge is 0.372 e. The van der Waals surface area contributed by atoms with Crippen LogP contribution in [0.25, 0.3) is 0 Å². The first-order valence-corrected chi connectivity index (χ1v) is 9.55. The van der Waals surface area contributed by atoms with Gasteiger partial charge in [-0.15, -0.1) is 11.3 Å². The highest BCUT2D eigenvalue weighted by molar-refractivity contribution is 7.10. The summed E-state index contributed by atoms with van der Waals surface area (Å²) < 4.78 is 7.85. The van der Waals surface area contributed by atoms with E-state index in [0.29, 0.717) is 6.42 Å². The van der Waals surface area contributed by atoms with Crippen LogP contribution in [0.3, 0.4) is 0 Å². The van der Waals surface area contributed by atoms with Gasteiger partial charge in [-0.25, -0.2) is 0 Å². The van der Waals surface area contributed by atoms with Crippen molar-refractivity contribution in [1.82, 2.24) is 14.7 Å². The van der Waals surface area contributed by atoms with Gasteiger partial charge in [0.25, 0.3) is 0 Å². The third-order valence-corrected chi connectivity index (χ3v) is 6.03. The Kier molecular flexibility index (Phi) is 4.41. The third kappa shape index (κ3) is 3.13. The number of rotatable bonds is 4. The Bertz CT molecular complexity index is 723. The zero-order valence-corrected chi connectivity index (χ0v) is 14.8. The van der Waals surface area contributed by atoms with E-state index >= 15 is 0 Å². The molecule has 0 aromatic carbocycles. The minimum atomic E-state index is -0.0607. The van der Waals surface area contributed by atoms with Crippen molar-refractivity contribution in [2.45, 2.75) is 51.3 Å². The standard InChI is InChI=1S/C18H23N3O2S/c1-13-10-19-20(11-13)12-15-3-2-6-21(15)17(22)9-16-18-14(4-7-23-16)5-8-24-18/h5,8,10-11,15-16H,2-4,6-7,9,12H2,1H3. The summed E-state index contributed by atoms with van der Waals surface area (Å²) in [5.74, 6) is 0.215. The topological polar surface area (TPSA) is 47.4 Å². The van der Waals surface area contributed by atoms with Gasteiger partial charge in [-0.3, -0.25) is 9.48 Å². The van der Waals surface area contributed by atoms with E-state index in [1.54, 1.807) is 11.3 Å². The lowest BCUT2D eigenvalue weighted by Crippen LogP contribution is -2.39. The number of hydrogen-bond donors (Lipinski definition) is 0. The van der Waals surface area contributed by atoms with Crippen molar-refractivity contribution >= 4 is 17.2 Å². The van der Waals surface area contributed by atoms with Crippen LogP contribution in [0.2, 0.25) is 0 Å². The van der Waals surface area contributed by atoms with Crippen LogP contribution in [-0.2, 0) is 22.5 Å². The molecule has 2 unspecified atom stereocenters. The summed E-state index contributed by atoms with van der Waals surface area (Å²) in [7, 11) is 0. The lowest BCUT2D eigenvalue weighted by Gasteiger charge is -2.28. The molecule has 2 atom stereocenters. The molecule has 0 saturated carbocycles. The molecule has 0 aliphatic carbocycles. The van der Waals surface area contributed by atoms with Gasteiger partial charge < -0.3 is 9.64 Å². The molecule has 0 N–H and O–H groups in total. The maximum Gasteiger partial charge on any atom is 0.225 e. The molecule has 1 fully saturated rings. The average Bonchev–Trinajstić information content (AvgIpc) is 3.29. The molecule has 0 bridgehead atoms.